The van der Waals surface area contributed by atoms with Crippen molar-refractivity contribution in [3.63, 3.8) is 0 Å². The first-order valence-corrected chi connectivity index (χ1v) is 5.37. The van der Waals surface area contributed by atoms with Crippen LogP contribution >= 0.6 is 0 Å². The number of hydrogen-bond donors (Lipinski definition) is 1. The minimum absolute atomic E-state index is 0.0795. The van der Waals surface area contributed by atoms with E-state index in [9.17, 15) is 9.18 Å². The standard InChI is InChI=1S/C12H11FN2O3/c1-7-2-3-8(6-9(7)13)12-15-14-10(18-12)4-5-11(16)17/h2-3,6H,4-5H2,1H3,(H,16,17). The molecular formula is C12H11FN2O3. The average Bonchev–Trinajstić information content (AvgIpc) is 2.79. The minimum Gasteiger partial charge on any atom is -0.481 e. The van der Waals surface area contributed by atoms with Crippen LogP contribution in [-0.4, -0.2) is 21.3 Å². The number of aromatic nitrogens is 2. The highest BCUT2D eigenvalue weighted by atomic mass is 19.1. The van der Waals surface area contributed by atoms with Crippen LogP contribution in [0.4, 0.5) is 4.39 Å². The van der Waals surface area contributed by atoms with E-state index < -0.39 is 5.97 Å². The van der Waals surface area contributed by atoms with Crippen LogP contribution in [0.2, 0.25) is 0 Å². The molecular weight excluding hydrogens is 239 g/mol. The molecule has 0 saturated heterocycles. The number of carboxylic acid groups (broad SMARTS) is 1. The Morgan fingerprint density at radius 1 is 1.44 bits per heavy atom. The SMILES string of the molecule is Cc1ccc(-c2nnc(CCC(=O)O)o2)cc1F. The summed E-state index contributed by atoms with van der Waals surface area (Å²) in [7, 11) is 0. The van der Waals surface area contributed by atoms with Crippen LogP contribution < -0.4 is 0 Å². The molecule has 0 aliphatic carbocycles. The van der Waals surface area contributed by atoms with E-state index in [0.717, 1.165) is 0 Å². The van der Waals surface area contributed by atoms with Gasteiger partial charge in [0.05, 0.1) is 6.42 Å². The van der Waals surface area contributed by atoms with Gasteiger partial charge in [-0.15, -0.1) is 10.2 Å². The normalized spacial score (nSPS) is 10.6. The molecule has 0 spiro atoms. The summed E-state index contributed by atoms with van der Waals surface area (Å²) in [5.74, 6) is -0.864. The maximum absolute atomic E-state index is 13.4. The number of halogens is 1. The molecule has 1 aromatic carbocycles. The molecule has 18 heavy (non-hydrogen) atoms. The molecule has 6 heteroatoms. The Kier molecular flexibility index (Phi) is 3.36. The molecule has 0 atom stereocenters. The Morgan fingerprint density at radius 2 is 2.22 bits per heavy atom. The molecule has 0 bridgehead atoms. The molecule has 1 heterocycles. The maximum Gasteiger partial charge on any atom is 0.303 e. The smallest absolute Gasteiger partial charge is 0.303 e. The first-order valence-electron chi connectivity index (χ1n) is 5.37. The highest BCUT2D eigenvalue weighted by Crippen LogP contribution is 2.20. The summed E-state index contributed by atoms with van der Waals surface area (Å²) in [6, 6.07) is 4.60. The van der Waals surface area contributed by atoms with Crippen LogP contribution in [0, 0.1) is 12.7 Å². The van der Waals surface area contributed by atoms with Crippen LogP contribution in [-0.2, 0) is 11.2 Å². The van der Waals surface area contributed by atoms with Gasteiger partial charge in [0.1, 0.15) is 5.82 Å². The lowest BCUT2D eigenvalue weighted by Gasteiger charge is -1.98. The van der Waals surface area contributed by atoms with Crippen LogP contribution in [0.5, 0.6) is 0 Å². The van der Waals surface area contributed by atoms with E-state index in [4.69, 9.17) is 9.52 Å². The van der Waals surface area contributed by atoms with E-state index >= 15 is 0 Å². The molecule has 1 aromatic heterocycles. The fourth-order valence-corrected chi connectivity index (χ4v) is 1.41. The first-order chi connectivity index (χ1) is 8.56. The maximum atomic E-state index is 13.4. The minimum atomic E-state index is -0.934. The van der Waals surface area contributed by atoms with Crippen molar-refractivity contribution >= 4 is 5.97 Å². The Balaban J connectivity index is 2.18. The Hall–Kier alpha value is -2.24. The van der Waals surface area contributed by atoms with Gasteiger partial charge in [0.15, 0.2) is 0 Å². The van der Waals surface area contributed by atoms with Crippen molar-refractivity contribution in [2.45, 2.75) is 19.8 Å². The van der Waals surface area contributed by atoms with E-state index in [0.29, 0.717) is 11.1 Å². The van der Waals surface area contributed by atoms with Crippen molar-refractivity contribution in [2.75, 3.05) is 0 Å². The number of rotatable bonds is 4. The van der Waals surface area contributed by atoms with Gasteiger partial charge in [-0.25, -0.2) is 4.39 Å². The van der Waals surface area contributed by atoms with E-state index in [1.807, 2.05) is 0 Å². The van der Waals surface area contributed by atoms with E-state index in [-0.39, 0.29) is 30.4 Å². The molecule has 0 radical (unpaired) electrons. The summed E-state index contributed by atoms with van der Waals surface area (Å²) in [6.07, 6.45) is 0.0839. The second-order valence-electron chi connectivity index (χ2n) is 3.86. The summed E-state index contributed by atoms with van der Waals surface area (Å²) in [4.78, 5) is 10.4. The number of carboxylic acids is 1. The molecule has 94 valence electrons. The predicted octanol–water partition coefficient (Wildman–Crippen LogP) is 2.20. The summed E-state index contributed by atoms with van der Waals surface area (Å²) >= 11 is 0. The highest BCUT2D eigenvalue weighted by molar-refractivity contribution is 5.66. The largest absolute Gasteiger partial charge is 0.481 e. The predicted molar refractivity (Wildman–Crippen MR) is 60.4 cm³/mol. The van der Waals surface area contributed by atoms with Gasteiger partial charge in [0, 0.05) is 12.0 Å². The van der Waals surface area contributed by atoms with Crippen LogP contribution in [0.15, 0.2) is 22.6 Å². The van der Waals surface area contributed by atoms with Gasteiger partial charge in [0.25, 0.3) is 0 Å². The van der Waals surface area contributed by atoms with Gasteiger partial charge in [0.2, 0.25) is 11.8 Å². The number of nitrogens with zero attached hydrogens (tertiary/aromatic N) is 2. The third-order valence-electron chi connectivity index (χ3n) is 2.44. The van der Waals surface area contributed by atoms with Crippen molar-refractivity contribution in [1.29, 1.82) is 0 Å². The molecule has 0 aliphatic rings. The zero-order valence-electron chi connectivity index (χ0n) is 9.68. The molecule has 0 fully saturated rings. The number of carbonyl (C=O) groups is 1. The lowest BCUT2D eigenvalue weighted by Crippen LogP contribution is -1.97. The molecule has 0 aliphatic heterocycles. The molecule has 0 unspecified atom stereocenters. The fourth-order valence-electron chi connectivity index (χ4n) is 1.41. The van der Waals surface area contributed by atoms with Gasteiger partial charge in [-0.3, -0.25) is 4.79 Å². The molecule has 2 aromatic rings. The van der Waals surface area contributed by atoms with Crippen molar-refractivity contribution in [3.8, 4) is 11.5 Å². The first kappa shape index (κ1) is 12.2. The van der Waals surface area contributed by atoms with Gasteiger partial charge in [-0.1, -0.05) is 6.07 Å². The topological polar surface area (TPSA) is 76.2 Å². The van der Waals surface area contributed by atoms with Crippen molar-refractivity contribution in [1.82, 2.24) is 10.2 Å². The van der Waals surface area contributed by atoms with E-state index in [1.165, 1.54) is 6.07 Å². The summed E-state index contributed by atoms with van der Waals surface area (Å²) in [6.45, 7) is 1.66. The molecule has 2 rings (SSSR count). The second-order valence-corrected chi connectivity index (χ2v) is 3.86. The number of aryl methyl sites for hydroxylation is 2. The van der Waals surface area contributed by atoms with Gasteiger partial charge in [-0.05, 0) is 24.6 Å². The van der Waals surface area contributed by atoms with Gasteiger partial charge < -0.3 is 9.52 Å². The number of aliphatic carboxylic acids is 1. The van der Waals surface area contributed by atoms with Crippen molar-refractivity contribution in [2.24, 2.45) is 0 Å². The highest BCUT2D eigenvalue weighted by Gasteiger charge is 2.11. The summed E-state index contributed by atoms with van der Waals surface area (Å²) in [5.41, 5.74) is 1.01. The number of hydrogen-bond acceptors (Lipinski definition) is 4. The number of benzene rings is 1. The summed E-state index contributed by atoms with van der Waals surface area (Å²) < 4.78 is 18.6. The van der Waals surface area contributed by atoms with Crippen LogP contribution in [0.3, 0.4) is 0 Å². The second kappa shape index (κ2) is 4.95. The average molecular weight is 250 g/mol. The fraction of sp³-hybridized carbons (Fsp3) is 0.250. The zero-order valence-corrected chi connectivity index (χ0v) is 9.68. The lowest BCUT2D eigenvalue weighted by atomic mass is 10.1. The third-order valence-corrected chi connectivity index (χ3v) is 2.44. The Labute approximate surface area is 102 Å². The van der Waals surface area contributed by atoms with Gasteiger partial charge >= 0.3 is 5.97 Å². The zero-order chi connectivity index (χ0) is 13.1. The Bertz CT molecular complexity index is 580. The van der Waals surface area contributed by atoms with Crippen LogP contribution in [0.1, 0.15) is 17.9 Å². The van der Waals surface area contributed by atoms with Crippen molar-refractivity contribution < 1.29 is 18.7 Å². The summed E-state index contributed by atoms with van der Waals surface area (Å²) in [5, 5.41) is 16.0. The monoisotopic (exact) mass is 250 g/mol. The molecule has 0 saturated carbocycles. The van der Waals surface area contributed by atoms with E-state index in [1.54, 1.807) is 19.1 Å². The van der Waals surface area contributed by atoms with Crippen molar-refractivity contribution in [3.05, 3.63) is 35.5 Å². The molecule has 0 amide bonds. The lowest BCUT2D eigenvalue weighted by molar-refractivity contribution is -0.137. The molecule has 1 N–H and O–H groups in total. The van der Waals surface area contributed by atoms with Gasteiger partial charge in [-0.2, -0.15) is 0 Å². The van der Waals surface area contributed by atoms with Crippen LogP contribution in [0.25, 0.3) is 11.5 Å². The van der Waals surface area contributed by atoms with E-state index in [2.05, 4.69) is 10.2 Å². The quantitative estimate of drug-likeness (QED) is 0.900. The third kappa shape index (κ3) is 2.71. The molecule has 5 nitrogen and oxygen atoms in total. The Morgan fingerprint density at radius 3 is 2.89 bits per heavy atom.